The molecule has 0 aliphatic rings. The summed E-state index contributed by atoms with van der Waals surface area (Å²) in [7, 11) is 0. The van der Waals surface area contributed by atoms with Gasteiger partial charge in [-0.2, -0.15) is 0 Å². The summed E-state index contributed by atoms with van der Waals surface area (Å²) in [6.07, 6.45) is 0. The minimum absolute atomic E-state index is 0.0336. The molecule has 0 atom stereocenters. The van der Waals surface area contributed by atoms with Crippen molar-refractivity contribution in [2.24, 2.45) is 0 Å². The van der Waals surface area contributed by atoms with Crippen molar-refractivity contribution in [3.63, 3.8) is 0 Å². The van der Waals surface area contributed by atoms with Crippen LogP contribution in [0.3, 0.4) is 0 Å². The zero-order chi connectivity index (χ0) is 17.8. The Morgan fingerprint density at radius 3 is 2.20 bits per heavy atom. The van der Waals surface area contributed by atoms with E-state index in [2.05, 4.69) is 15.6 Å². The standard InChI is InChI=1S/C18H15N3O3S/c1-11(22)19-12-4-6-13(7-5-12)20-17(23)14-8-9-15(21-18(14)24)16-3-2-10-25-16/h2-10H,1H3,(H,19,22)(H,20,23)(H,21,24). The molecule has 0 bridgehead atoms. The predicted molar refractivity (Wildman–Crippen MR) is 99.1 cm³/mol. The van der Waals surface area contributed by atoms with Gasteiger partial charge < -0.3 is 15.6 Å². The second-order valence-corrected chi connectivity index (χ2v) is 6.25. The number of aromatic nitrogens is 1. The van der Waals surface area contributed by atoms with Gasteiger partial charge in [-0.25, -0.2) is 0 Å². The summed E-state index contributed by atoms with van der Waals surface area (Å²) in [5.41, 5.74) is 1.42. The van der Waals surface area contributed by atoms with Crippen LogP contribution in [0.1, 0.15) is 17.3 Å². The lowest BCUT2D eigenvalue weighted by Gasteiger charge is -2.07. The molecule has 126 valence electrons. The van der Waals surface area contributed by atoms with Crippen LogP contribution in [0, 0.1) is 0 Å². The van der Waals surface area contributed by atoms with E-state index in [1.165, 1.54) is 24.3 Å². The highest BCUT2D eigenvalue weighted by Gasteiger charge is 2.12. The normalized spacial score (nSPS) is 10.3. The molecule has 3 N–H and O–H groups in total. The Kier molecular flexibility index (Phi) is 4.76. The van der Waals surface area contributed by atoms with Gasteiger partial charge in [-0.05, 0) is 47.8 Å². The minimum Gasteiger partial charge on any atom is -0.326 e. The van der Waals surface area contributed by atoms with Crippen LogP contribution in [0.2, 0.25) is 0 Å². The Morgan fingerprint density at radius 1 is 0.960 bits per heavy atom. The smallest absolute Gasteiger partial charge is 0.261 e. The third kappa shape index (κ3) is 4.02. The maximum atomic E-state index is 12.3. The van der Waals surface area contributed by atoms with E-state index >= 15 is 0 Å². The molecule has 0 radical (unpaired) electrons. The van der Waals surface area contributed by atoms with E-state index in [4.69, 9.17) is 0 Å². The van der Waals surface area contributed by atoms with Crippen molar-refractivity contribution < 1.29 is 9.59 Å². The first-order valence-corrected chi connectivity index (χ1v) is 8.37. The number of carbonyl (C=O) groups is 2. The van der Waals surface area contributed by atoms with Gasteiger partial charge in [-0.15, -0.1) is 11.3 Å². The van der Waals surface area contributed by atoms with E-state index in [-0.39, 0.29) is 11.5 Å². The first kappa shape index (κ1) is 16.7. The van der Waals surface area contributed by atoms with Gasteiger partial charge in [-0.3, -0.25) is 14.4 Å². The van der Waals surface area contributed by atoms with E-state index in [1.807, 2.05) is 17.5 Å². The van der Waals surface area contributed by atoms with Crippen LogP contribution >= 0.6 is 11.3 Å². The van der Waals surface area contributed by atoms with Gasteiger partial charge in [0.1, 0.15) is 5.56 Å². The molecule has 2 heterocycles. The molecular weight excluding hydrogens is 338 g/mol. The van der Waals surface area contributed by atoms with Crippen molar-refractivity contribution in [3.05, 3.63) is 69.8 Å². The monoisotopic (exact) mass is 353 g/mol. The number of anilines is 2. The number of rotatable bonds is 4. The molecule has 0 fully saturated rings. The van der Waals surface area contributed by atoms with E-state index < -0.39 is 11.5 Å². The maximum Gasteiger partial charge on any atom is 0.261 e. The van der Waals surface area contributed by atoms with Crippen LogP contribution < -0.4 is 16.2 Å². The van der Waals surface area contributed by atoms with Crippen molar-refractivity contribution in [2.75, 3.05) is 10.6 Å². The number of carbonyl (C=O) groups excluding carboxylic acids is 2. The molecule has 6 nitrogen and oxygen atoms in total. The Balaban J connectivity index is 1.75. The van der Waals surface area contributed by atoms with Gasteiger partial charge in [0.15, 0.2) is 0 Å². The van der Waals surface area contributed by atoms with Crippen molar-refractivity contribution in [1.29, 1.82) is 0 Å². The van der Waals surface area contributed by atoms with Crippen LogP contribution in [-0.2, 0) is 4.79 Å². The van der Waals surface area contributed by atoms with Crippen LogP contribution in [0.25, 0.3) is 10.6 Å². The second kappa shape index (κ2) is 7.14. The molecule has 2 aromatic heterocycles. The number of thiophene rings is 1. The van der Waals surface area contributed by atoms with Crippen molar-refractivity contribution >= 4 is 34.5 Å². The summed E-state index contributed by atoms with van der Waals surface area (Å²) in [4.78, 5) is 39.1. The number of H-pyrrole nitrogens is 1. The Bertz CT molecular complexity index is 960. The molecular formula is C18H15N3O3S. The molecule has 0 saturated carbocycles. The molecule has 3 rings (SSSR count). The first-order valence-electron chi connectivity index (χ1n) is 7.49. The largest absolute Gasteiger partial charge is 0.326 e. The topological polar surface area (TPSA) is 91.1 Å². The summed E-state index contributed by atoms with van der Waals surface area (Å²) in [5, 5.41) is 7.22. The summed E-state index contributed by atoms with van der Waals surface area (Å²) >= 11 is 1.51. The van der Waals surface area contributed by atoms with E-state index in [0.717, 1.165) is 4.88 Å². The average molecular weight is 353 g/mol. The fraction of sp³-hybridized carbons (Fsp3) is 0.0556. The summed E-state index contributed by atoms with van der Waals surface area (Å²) in [5.74, 6) is -0.666. The number of pyridine rings is 1. The van der Waals surface area contributed by atoms with Gasteiger partial charge in [0.25, 0.3) is 11.5 Å². The molecule has 7 heteroatoms. The molecule has 0 unspecified atom stereocenters. The molecule has 25 heavy (non-hydrogen) atoms. The molecule has 0 saturated heterocycles. The van der Waals surface area contributed by atoms with Crippen molar-refractivity contribution in [3.8, 4) is 10.6 Å². The molecule has 0 spiro atoms. The van der Waals surface area contributed by atoms with Crippen LogP contribution in [0.15, 0.2) is 58.7 Å². The number of amides is 2. The van der Waals surface area contributed by atoms with Gasteiger partial charge in [0, 0.05) is 18.3 Å². The summed E-state index contributed by atoms with van der Waals surface area (Å²) < 4.78 is 0. The minimum atomic E-state index is -0.494. The lowest BCUT2D eigenvalue weighted by molar-refractivity contribution is -0.114. The summed E-state index contributed by atoms with van der Waals surface area (Å²) in [6.45, 7) is 1.42. The fourth-order valence-corrected chi connectivity index (χ4v) is 2.97. The lowest BCUT2D eigenvalue weighted by atomic mass is 10.2. The first-order chi connectivity index (χ1) is 12.0. The number of benzene rings is 1. The van der Waals surface area contributed by atoms with Crippen LogP contribution in [0.5, 0.6) is 0 Å². The molecule has 0 aliphatic heterocycles. The second-order valence-electron chi connectivity index (χ2n) is 5.30. The number of aromatic amines is 1. The predicted octanol–water partition coefficient (Wildman–Crippen LogP) is 3.31. The zero-order valence-corrected chi connectivity index (χ0v) is 14.1. The van der Waals surface area contributed by atoms with Gasteiger partial charge in [-0.1, -0.05) is 6.07 Å². The highest BCUT2D eigenvalue weighted by atomic mass is 32.1. The van der Waals surface area contributed by atoms with E-state index in [9.17, 15) is 14.4 Å². The molecule has 1 aromatic carbocycles. The fourth-order valence-electron chi connectivity index (χ4n) is 2.27. The van der Waals surface area contributed by atoms with Crippen LogP contribution in [-0.4, -0.2) is 16.8 Å². The van der Waals surface area contributed by atoms with E-state index in [1.54, 1.807) is 30.3 Å². The highest BCUT2D eigenvalue weighted by Crippen LogP contribution is 2.21. The number of hydrogen-bond acceptors (Lipinski definition) is 4. The van der Waals surface area contributed by atoms with Gasteiger partial charge in [0.05, 0.1) is 10.6 Å². The molecule has 0 aliphatic carbocycles. The Labute approximate surface area is 147 Å². The summed E-state index contributed by atoms with van der Waals surface area (Å²) in [6, 6.07) is 13.6. The third-order valence-corrected chi connectivity index (χ3v) is 4.31. The Morgan fingerprint density at radius 2 is 1.64 bits per heavy atom. The maximum absolute atomic E-state index is 12.3. The molecule has 3 aromatic rings. The Hall–Kier alpha value is -3.19. The van der Waals surface area contributed by atoms with Crippen molar-refractivity contribution in [1.82, 2.24) is 4.98 Å². The lowest BCUT2D eigenvalue weighted by Crippen LogP contribution is -2.23. The zero-order valence-electron chi connectivity index (χ0n) is 13.3. The SMILES string of the molecule is CC(=O)Nc1ccc(NC(=O)c2ccc(-c3cccs3)[nH]c2=O)cc1. The van der Waals surface area contributed by atoms with E-state index in [0.29, 0.717) is 17.1 Å². The molecule has 2 amide bonds. The number of hydrogen-bond donors (Lipinski definition) is 3. The third-order valence-electron chi connectivity index (χ3n) is 3.40. The van der Waals surface area contributed by atoms with Gasteiger partial charge >= 0.3 is 0 Å². The van der Waals surface area contributed by atoms with Gasteiger partial charge in [0.2, 0.25) is 5.91 Å². The van der Waals surface area contributed by atoms with Crippen LogP contribution in [0.4, 0.5) is 11.4 Å². The van der Waals surface area contributed by atoms with Crippen molar-refractivity contribution in [2.45, 2.75) is 6.92 Å². The highest BCUT2D eigenvalue weighted by molar-refractivity contribution is 7.13. The quantitative estimate of drug-likeness (QED) is 0.672. The average Bonchev–Trinajstić information content (AvgIpc) is 3.10. The number of nitrogens with one attached hydrogen (secondary N) is 3.